The van der Waals surface area contributed by atoms with Crippen LogP contribution < -0.4 is 10.1 Å². The molecule has 3 heterocycles. The molecule has 0 unspecified atom stereocenters. The van der Waals surface area contributed by atoms with Crippen LogP contribution in [-0.4, -0.2) is 38.0 Å². The summed E-state index contributed by atoms with van der Waals surface area (Å²) in [6.07, 6.45) is 5.17. The number of aromatic nitrogens is 5. The highest BCUT2D eigenvalue weighted by molar-refractivity contribution is 7.17. The van der Waals surface area contributed by atoms with E-state index in [1.807, 2.05) is 49.5 Å². The second kappa shape index (κ2) is 7.57. The fraction of sp³-hybridized carbons (Fsp3) is 0.105. The Morgan fingerprint density at radius 2 is 2.00 bits per heavy atom. The molecule has 1 aromatic carbocycles. The summed E-state index contributed by atoms with van der Waals surface area (Å²) < 4.78 is 6.77. The molecule has 140 valence electrons. The van der Waals surface area contributed by atoms with Gasteiger partial charge in [-0.2, -0.15) is 5.10 Å². The van der Waals surface area contributed by atoms with Gasteiger partial charge in [0, 0.05) is 29.2 Å². The van der Waals surface area contributed by atoms with Crippen LogP contribution >= 0.6 is 11.3 Å². The molecule has 1 N–H and O–H groups in total. The zero-order valence-electron chi connectivity index (χ0n) is 15.2. The first-order chi connectivity index (χ1) is 13.6. The molecule has 0 radical (unpaired) electrons. The predicted octanol–water partition coefficient (Wildman–Crippen LogP) is 3.36. The lowest BCUT2D eigenvalue weighted by molar-refractivity contribution is 0.102. The number of nitrogens with zero attached hydrogens (tertiary/aromatic N) is 5. The summed E-state index contributed by atoms with van der Waals surface area (Å²) in [7, 11) is 1.50. The molecule has 0 aliphatic rings. The van der Waals surface area contributed by atoms with Gasteiger partial charge in [-0.15, -0.1) is 5.10 Å². The lowest BCUT2D eigenvalue weighted by Gasteiger charge is -2.08. The van der Waals surface area contributed by atoms with Gasteiger partial charge in [0.25, 0.3) is 11.1 Å². The summed E-state index contributed by atoms with van der Waals surface area (Å²) in [6.45, 7) is 1.88. The maximum absolute atomic E-state index is 12.8. The fourth-order valence-electron chi connectivity index (χ4n) is 2.67. The Balaban J connectivity index is 1.67. The number of aryl methyl sites for hydroxylation is 1. The zero-order chi connectivity index (χ0) is 19.5. The molecule has 0 aliphatic carbocycles. The number of carbonyl (C=O) groups is 1. The molecular weight excluding hydrogens is 376 g/mol. The van der Waals surface area contributed by atoms with E-state index in [0.29, 0.717) is 15.9 Å². The summed E-state index contributed by atoms with van der Waals surface area (Å²) in [5.74, 6) is -0.325. The van der Waals surface area contributed by atoms with Crippen LogP contribution in [0.25, 0.3) is 16.8 Å². The molecule has 3 aromatic heterocycles. The summed E-state index contributed by atoms with van der Waals surface area (Å²) in [4.78, 5) is 17.1. The Bertz CT molecular complexity index is 1120. The lowest BCUT2D eigenvalue weighted by Crippen LogP contribution is -2.13. The van der Waals surface area contributed by atoms with Gasteiger partial charge < -0.3 is 4.74 Å². The molecule has 0 saturated heterocycles. The molecule has 0 fully saturated rings. The summed E-state index contributed by atoms with van der Waals surface area (Å²) in [5, 5.41) is 15.6. The molecule has 0 atom stereocenters. The van der Waals surface area contributed by atoms with Crippen LogP contribution in [0.1, 0.15) is 16.1 Å². The molecule has 1 amide bonds. The molecule has 4 aromatic rings. The van der Waals surface area contributed by atoms with Crippen LogP contribution in [0, 0.1) is 6.92 Å². The Kier molecular flexibility index (Phi) is 4.81. The molecule has 28 heavy (non-hydrogen) atoms. The van der Waals surface area contributed by atoms with E-state index in [0.717, 1.165) is 33.8 Å². The van der Waals surface area contributed by atoms with Crippen molar-refractivity contribution in [1.29, 1.82) is 0 Å². The van der Waals surface area contributed by atoms with Crippen molar-refractivity contribution >= 4 is 22.4 Å². The second-order valence-corrected chi connectivity index (χ2v) is 6.85. The molecule has 0 aliphatic heterocycles. The normalized spacial score (nSPS) is 10.6. The Morgan fingerprint density at radius 3 is 2.75 bits per heavy atom. The topological polar surface area (TPSA) is 94.8 Å². The highest BCUT2D eigenvalue weighted by atomic mass is 32.1. The zero-order valence-corrected chi connectivity index (χ0v) is 16.0. The highest BCUT2D eigenvalue weighted by Gasteiger charge is 2.17. The van der Waals surface area contributed by atoms with Crippen LogP contribution in [0.15, 0.2) is 55.0 Å². The van der Waals surface area contributed by atoms with E-state index in [1.54, 1.807) is 17.1 Å². The van der Waals surface area contributed by atoms with Crippen LogP contribution in [0.2, 0.25) is 0 Å². The second-order valence-electron chi connectivity index (χ2n) is 5.91. The van der Waals surface area contributed by atoms with E-state index in [9.17, 15) is 4.79 Å². The molecule has 0 bridgehead atoms. The summed E-state index contributed by atoms with van der Waals surface area (Å²) >= 11 is 1.15. The Morgan fingerprint density at radius 1 is 1.18 bits per heavy atom. The van der Waals surface area contributed by atoms with Gasteiger partial charge in [0.15, 0.2) is 0 Å². The average Bonchev–Trinajstić information content (AvgIpc) is 3.38. The minimum atomic E-state index is -0.325. The van der Waals surface area contributed by atoms with E-state index in [1.165, 1.54) is 7.11 Å². The number of ether oxygens (including phenoxy) is 1. The van der Waals surface area contributed by atoms with E-state index >= 15 is 0 Å². The van der Waals surface area contributed by atoms with Gasteiger partial charge in [0.1, 0.15) is 0 Å². The van der Waals surface area contributed by atoms with Crippen LogP contribution in [0.5, 0.6) is 5.19 Å². The van der Waals surface area contributed by atoms with Crippen molar-refractivity contribution in [2.24, 2.45) is 0 Å². The van der Waals surface area contributed by atoms with Gasteiger partial charge in [0.05, 0.1) is 24.6 Å². The van der Waals surface area contributed by atoms with Crippen molar-refractivity contribution in [3.05, 3.63) is 66.2 Å². The number of pyridine rings is 1. The van der Waals surface area contributed by atoms with Gasteiger partial charge in [-0.05, 0) is 36.5 Å². The largest absolute Gasteiger partial charge is 0.472 e. The SMILES string of the molecule is COc1nnc(NC(=O)c2cnc(C)cc2-c2cnn(-c3ccccc3)c2)s1. The van der Waals surface area contributed by atoms with Gasteiger partial charge in [-0.3, -0.25) is 15.1 Å². The molecule has 9 heteroatoms. The molecule has 0 saturated carbocycles. The molecule has 0 spiro atoms. The van der Waals surface area contributed by atoms with E-state index in [2.05, 4.69) is 25.6 Å². The van der Waals surface area contributed by atoms with E-state index < -0.39 is 0 Å². The number of carbonyl (C=O) groups excluding carboxylic acids is 1. The first-order valence-corrected chi connectivity index (χ1v) is 9.21. The fourth-order valence-corrected chi connectivity index (χ4v) is 3.23. The van der Waals surface area contributed by atoms with Crippen molar-refractivity contribution in [2.45, 2.75) is 6.92 Å². The molecular formula is C19H16N6O2S. The molecule has 8 nitrogen and oxygen atoms in total. The first-order valence-electron chi connectivity index (χ1n) is 8.40. The maximum atomic E-state index is 12.8. The standard InChI is InChI=1S/C19H16N6O2S/c1-12-8-15(13-9-21-25(11-13)14-6-4-3-5-7-14)16(10-20-12)17(26)22-18-23-24-19(27-2)28-18/h3-11H,1-2H3,(H,22,23,26). The summed E-state index contributed by atoms with van der Waals surface area (Å²) in [6, 6.07) is 11.6. The highest BCUT2D eigenvalue weighted by Crippen LogP contribution is 2.27. The number of hydrogen-bond donors (Lipinski definition) is 1. The maximum Gasteiger partial charge on any atom is 0.295 e. The molecule has 4 rings (SSSR count). The van der Waals surface area contributed by atoms with Gasteiger partial charge in [0.2, 0.25) is 5.13 Å². The number of benzene rings is 1. The third kappa shape index (κ3) is 3.60. The number of methoxy groups -OCH3 is 1. The van der Waals surface area contributed by atoms with Crippen molar-refractivity contribution < 1.29 is 9.53 Å². The first kappa shape index (κ1) is 17.8. The summed E-state index contributed by atoms with van der Waals surface area (Å²) in [5.41, 5.74) is 3.72. The lowest BCUT2D eigenvalue weighted by atomic mass is 10.0. The number of rotatable bonds is 5. The third-order valence-electron chi connectivity index (χ3n) is 4.00. The van der Waals surface area contributed by atoms with E-state index in [4.69, 9.17) is 4.74 Å². The Hall–Kier alpha value is -3.59. The van der Waals surface area contributed by atoms with Crippen molar-refractivity contribution in [3.8, 4) is 22.0 Å². The van der Waals surface area contributed by atoms with Crippen LogP contribution in [-0.2, 0) is 0 Å². The van der Waals surface area contributed by atoms with Gasteiger partial charge in [-0.25, -0.2) is 4.68 Å². The third-order valence-corrected chi connectivity index (χ3v) is 4.80. The van der Waals surface area contributed by atoms with Crippen molar-refractivity contribution in [2.75, 3.05) is 12.4 Å². The number of para-hydroxylation sites is 1. The van der Waals surface area contributed by atoms with Crippen LogP contribution in [0.4, 0.5) is 5.13 Å². The monoisotopic (exact) mass is 392 g/mol. The number of anilines is 1. The number of amides is 1. The minimum absolute atomic E-state index is 0.325. The van der Waals surface area contributed by atoms with Crippen molar-refractivity contribution in [3.63, 3.8) is 0 Å². The Labute approximate surface area is 164 Å². The van der Waals surface area contributed by atoms with Gasteiger partial charge >= 0.3 is 0 Å². The van der Waals surface area contributed by atoms with E-state index in [-0.39, 0.29) is 5.91 Å². The number of nitrogens with one attached hydrogen (secondary N) is 1. The quantitative estimate of drug-likeness (QED) is 0.560. The van der Waals surface area contributed by atoms with Crippen LogP contribution in [0.3, 0.4) is 0 Å². The average molecular weight is 392 g/mol. The smallest absolute Gasteiger partial charge is 0.295 e. The minimum Gasteiger partial charge on any atom is -0.472 e. The number of hydrogen-bond acceptors (Lipinski definition) is 7. The van der Waals surface area contributed by atoms with Gasteiger partial charge in [-0.1, -0.05) is 23.3 Å². The predicted molar refractivity (Wildman–Crippen MR) is 106 cm³/mol. The van der Waals surface area contributed by atoms with Crippen molar-refractivity contribution in [1.82, 2.24) is 25.0 Å².